The second kappa shape index (κ2) is 15.3. The van der Waals surface area contributed by atoms with Crippen molar-refractivity contribution in [2.75, 3.05) is 19.6 Å². The Balaban J connectivity index is 1.91. The van der Waals surface area contributed by atoms with Gasteiger partial charge in [0.25, 0.3) is 0 Å². The molecule has 0 aromatic heterocycles. The first-order valence-electron chi connectivity index (χ1n) is 13.9. The number of rotatable bonds is 10. The molecule has 2 aromatic carbocycles. The van der Waals surface area contributed by atoms with Gasteiger partial charge in [0, 0.05) is 31.5 Å². The summed E-state index contributed by atoms with van der Waals surface area (Å²) in [6, 6.07) is 10.3. The molecule has 0 saturated carbocycles. The number of nitrogens with two attached hydrogens (primary N) is 4. The summed E-state index contributed by atoms with van der Waals surface area (Å²) in [6.07, 6.45) is 2.79. The molecule has 218 valence electrons. The predicted molar refractivity (Wildman–Crippen MR) is 155 cm³/mol. The molecule has 0 saturated heterocycles. The largest absolute Gasteiger partial charge is 0.508 e. The fraction of sp³-hybridized carbons (Fsp3) is 0.483. The molecule has 0 spiro atoms. The lowest BCUT2D eigenvalue weighted by molar-refractivity contribution is -0.130. The van der Waals surface area contributed by atoms with Crippen LogP contribution in [0, 0.1) is 0 Å². The smallest absolute Gasteiger partial charge is 0.242 e. The second-order valence-electron chi connectivity index (χ2n) is 10.5. The van der Waals surface area contributed by atoms with E-state index in [4.69, 9.17) is 22.9 Å². The lowest BCUT2D eigenvalue weighted by Crippen LogP contribution is -2.54. The maximum absolute atomic E-state index is 13.4. The number of hydrogen-bond acceptors (Lipinski definition) is 8. The number of benzene rings is 2. The second-order valence-corrected chi connectivity index (χ2v) is 10.5. The van der Waals surface area contributed by atoms with Crippen LogP contribution in [0.15, 0.2) is 42.5 Å². The molecule has 4 atom stereocenters. The van der Waals surface area contributed by atoms with Crippen molar-refractivity contribution in [1.29, 1.82) is 0 Å². The van der Waals surface area contributed by atoms with Gasteiger partial charge in [-0.15, -0.1) is 0 Å². The van der Waals surface area contributed by atoms with E-state index < -0.39 is 29.9 Å². The minimum absolute atomic E-state index is 0.0278. The van der Waals surface area contributed by atoms with Crippen LogP contribution in [0.1, 0.15) is 43.2 Å². The fourth-order valence-corrected chi connectivity index (χ4v) is 4.79. The lowest BCUT2D eigenvalue weighted by atomic mass is 9.95. The highest BCUT2D eigenvalue weighted by Gasteiger charge is 2.27. The van der Waals surface area contributed by atoms with Gasteiger partial charge >= 0.3 is 0 Å². The summed E-state index contributed by atoms with van der Waals surface area (Å²) in [5.41, 5.74) is 26.7. The van der Waals surface area contributed by atoms with Crippen LogP contribution in [0.25, 0.3) is 11.1 Å². The van der Waals surface area contributed by atoms with E-state index in [1.54, 1.807) is 12.1 Å². The Bertz CT molecular complexity index is 1160. The minimum atomic E-state index is -0.990. The average Bonchev–Trinajstić information content (AvgIpc) is 2.93. The summed E-state index contributed by atoms with van der Waals surface area (Å²) in [6.45, 7) is 1.19. The Morgan fingerprint density at radius 3 is 2.50 bits per heavy atom. The zero-order valence-electron chi connectivity index (χ0n) is 22.9. The van der Waals surface area contributed by atoms with Crippen LogP contribution < -0.4 is 38.9 Å². The normalized spacial score (nSPS) is 20.4. The Morgan fingerprint density at radius 1 is 1.00 bits per heavy atom. The molecule has 0 fully saturated rings. The van der Waals surface area contributed by atoms with E-state index in [2.05, 4.69) is 16.0 Å². The molecule has 2 aromatic rings. The zero-order valence-corrected chi connectivity index (χ0v) is 22.9. The highest BCUT2D eigenvalue weighted by molar-refractivity contribution is 5.90. The molecule has 0 unspecified atom stereocenters. The van der Waals surface area contributed by atoms with Gasteiger partial charge in [0.1, 0.15) is 11.8 Å². The molecule has 0 radical (unpaired) electrons. The van der Waals surface area contributed by atoms with Gasteiger partial charge in [-0.3, -0.25) is 14.4 Å². The highest BCUT2D eigenvalue weighted by atomic mass is 16.3. The Labute approximate surface area is 235 Å². The summed E-state index contributed by atoms with van der Waals surface area (Å²) >= 11 is 0. The number of hydrogen-bond donors (Lipinski definition) is 8. The van der Waals surface area contributed by atoms with E-state index >= 15 is 0 Å². The quantitative estimate of drug-likeness (QED) is 0.196. The molecule has 4 bridgehead atoms. The van der Waals surface area contributed by atoms with E-state index in [0.717, 1.165) is 23.1 Å². The van der Waals surface area contributed by atoms with E-state index in [9.17, 15) is 19.5 Å². The fourth-order valence-electron chi connectivity index (χ4n) is 4.79. The molecule has 1 aliphatic heterocycles. The molecule has 1 heterocycles. The standard InChI is InChI=1S/C29H43N7O4/c30-10-2-6-22(32)17-34-27(38)16-23-13-18-4-1-5-19(12-18)20-8-9-26(37)21(14-20)15-24(33)28(39)36-25(7-3-11-31)29(40)35-23/h1,4-5,8-9,12,14,22-25,37H,2-3,6-7,10-11,13,15-17,30-33H2,(H,34,38)(H,35,40)(H,36,39)/t22-,23-,24-,25-/m0/s1. The van der Waals surface area contributed by atoms with Crippen molar-refractivity contribution in [2.24, 2.45) is 22.9 Å². The number of aromatic hydroxyl groups is 1. The summed E-state index contributed by atoms with van der Waals surface area (Å²) in [7, 11) is 0. The van der Waals surface area contributed by atoms with Crippen molar-refractivity contribution in [3.05, 3.63) is 53.6 Å². The number of carbonyl (C=O) groups is 3. The number of amides is 3. The van der Waals surface area contributed by atoms with Crippen molar-refractivity contribution in [1.82, 2.24) is 16.0 Å². The van der Waals surface area contributed by atoms with Crippen LogP contribution >= 0.6 is 0 Å². The topological polar surface area (TPSA) is 212 Å². The molecular weight excluding hydrogens is 510 g/mol. The van der Waals surface area contributed by atoms with Gasteiger partial charge in [0.2, 0.25) is 17.7 Å². The summed E-state index contributed by atoms with van der Waals surface area (Å²) < 4.78 is 0. The van der Waals surface area contributed by atoms with Gasteiger partial charge in [-0.1, -0.05) is 30.3 Å². The molecule has 11 nitrogen and oxygen atoms in total. The monoisotopic (exact) mass is 553 g/mol. The number of phenolic OH excluding ortho intramolecular Hbond substituents is 1. The van der Waals surface area contributed by atoms with Crippen molar-refractivity contribution >= 4 is 17.7 Å². The molecule has 3 amide bonds. The summed E-state index contributed by atoms with van der Waals surface area (Å²) in [5.74, 6) is -1.13. The van der Waals surface area contributed by atoms with E-state index in [-0.39, 0.29) is 30.5 Å². The number of phenols is 1. The van der Waals surface area contributed by atoms with Gasteiger partial charge < -0.3 is 44.0 Å². The van der Waals surface area contributed by atoms with Crippen molar-refractivity contribution in [2.45, 2.75) is 69.1 Å². The van der Waals surface area contributed by atoms with Crippen LogP contribution in [0.5, 0.6) is 5.75 Å². The van der Waals surface area contributed by atoms with Gasteiger partial charge in [-0.2, -0.15) is 0 Å². The molecule has 1 aliphatic rings. The van der Waals surface area contributed by atoms with Crippen LogP contribution in [0.2, 0.25) is 0 Å². The molecule has 0 aliphatic carbocycles. The average molecular weight is 554 g/mol. The first-order valence-corrected chi connectivity index (χ1v) is 13.9. The number of carbonyl (C=O) groups excluding carboxylic acids is 3. The van der Waals surface area contributed by atoms with Gasteiger partial charge in [-0.05, 0) is 79.6 Å². The van der Waals surface area contributed by atoms with Gasteiger partial charge in [0.15, 0.2) is 0 Å². The molecule has 11 heteroatoms. The minimum Gasteiger partial charge on any atom is -0.508 e. The maximum Gasteiger partial charge on any atom is 0.242 e. The van der Waals surface area contributed by atoms with Crippen molar-refractivity contribution < 1.29 is 19.5 Å². The van der Waals surface area contributed by atoms with E-state index in [1.807, 2.05) is 30.3 Å². The first-order chi connectivity index (χ1) is 19.2. The van der Waals surface area contributed by atoms with Crippen LogP contribution in [0.3, 0.4) is 0 Å². The van der Waals surface area contributed by atoms with Crippen LogP contribution in [-0.4, -0.2) is 66.6 Å². The van der Waals surface area contributed by atoms with Crippen LogP contribution in [0.4, 0.5) is 0 Å². The molecule has 40 heavy (non-hydrogen) atoms. The van der Waals surface area contributed by atoms with E-state index in [0.29, 0.717) is 50.9 Å². The summed E-state index contributed by atoms with van der Waals surface area (Å²) in [5, 5.41) is 19.0. The maximum atomic E-state index is 13.4. The Kier molecular flexibility index (Phi) is 11.9. The van der Waals surface area contributed by atoms with Crippen molar-refractivity contribution in [3.63, 3.8) is 0 Å². The zero-order chi connectivity index (χ0) is 29.1. The van der Waals surface area contributed by atoms with Gasteiger partial charge in [-0.25, -0.2) is 0 Å². The SMILES string of the molecule is NCCC[C@H](N)CNC(=O)C[C@@H]1Cc2cccc(c2)-c2ccc(O)c(c2)C[C@H](N)C(=O)N[C@@H](CCCN)C(=O)N1. The Morgan fingerprint density at radius 2 is 1.75 bits per heavy atom. The lowest BCUT2D eigenvalue weighted by Gasteiger charge is -2.25. The molecule has 3 rings (SSSR count). The Hall–Kier alpha value is -3.51. The predicted octanol–water partition coefficient (Wildman–Crippen LogP) is -0.234. The third-order valence-corrected chi connectivity index (χ3v) is 7.05. The third-order valence-electron chi connectivity index (χ3n) is 7.05. The van der Waals surface area contributed by atoms with E-state index in [1.165, 1.54) is 0 Å². The highest BCUT2D eigenvalue weighted by Crippen LogP contribution is 2.28. The first kappa shape index (κ1) is 31.0. The van der Waals surface area contributed by atoms with Crippen LogP contribution in [-0.2, 0) is 27.2 Å². The number of nitrogens with one attached hydrogen (secondary N) is 3. The molecule has 12 N–H and O–H groups in total. The summed E-state index contributed by atoms with van der Waals surface area (Å²) in [4.78, 5) is 39.3. The van der Waals surface area contributed by atoms with Crippen molar-refractivity contribution in [3.8, 4) is 16.9 Å². The molecular formula is C29H43N7O4. The van der Waals surface area contributed by atoms with Gasteiger partial charge in [0.05, 0.1) is 6.04 Å². The third kappa shape index (κ3) is 9.30. The number of fused-ring (bicyclic) bond motifs is 5.